The molecule has 0 radical (unpaired) electrons. The lowest BCUT2D eigenvalue weighted by atomic mass is 9.96. The SMILES string of the molecule is CCCCOC(=O)c1ccc(NC(=O)COc2ccc(S(=O)(=O)NC3CCCCC3)cc2C)cc1. The molecule has 9 heteroatoms. The second-order valence-electron chi connectivity index (χ2n) is 8.79. The second kappa shape index (κ2) is 12.7. The Bertz CT molecular complexity index is 1110. The largest absolute Gasteiger partial charge is 0.483 e. The van der Waals surface area contributed by atoms with Crippen molar-refractivity contribution >= 4 is 27.6 Å². The number of carbonyl (C=O) groups is 2. The minimum atomic E-state index is -3.61. The van der Waals surface area contributed by atoms with Gasteiger partial charge in [0.25, 0.3) is 5.91 Å². The number of nitrogens with one attached hydrogen (secondary N) is 2. The molecule has 0 heterocycles. The van der Waals surface area contributed by atoms with Gasteiger partial charge in [0.2, 0.25) is 10.0 Å². The molecule has 2 N–H and O–H groups in total. The molecule has 0 unspecified atom stereocenters. The number of amides is 1. The number of anilines is 1. The molecule has 190 valence electrons. The van der Waals surface area contributed by atoms with Crippen molar-refractivity contribution < 1.29 is 27.5 Å². The summed E-state index contributed by atoms with van der Waals surface area (Å²) < 4.78 is 39.0. The fourth-order valence-corrected chi connectivity index (χ4v) is 5.27. The molecule has 2 aromatic carbocycles. The molecule has 2 aromatic rings. The van der Waals surface area contributed by atoms with Gasteiger partial charge in [0, 0.05) is 11.7 Å². The third kappa shape index (κ3) is 8.07. The molecule has 0 saturated heterocycles. The molecule has 1 aliphatic carbocycles. The zero-order valence-corrected chi connectivity index (χ0v) is 21.2. The van der Waals surface area contributed by atoms with Crippen LogP contribution in [0.3, 0.4) is 0 Å². The summed E-state index contributed by atoms with van der Waals surface area (Å²) in [6.07, 6.45) is 6.71. The quantitative estimate of drug-likeness (QED) is 0.344. The summed E-state index contributed by atoms with van der Waals surface area (Å²) in [5, 5.41) is 2.71. The predicted octanol–water partition coefficient (Wildman–Crippen LogP) is 4.58. The molecule has 0 atom stereocenters. The summed E-state index contributed by atoms with van der Waals surface area (Å²) in [6, 6.07) is 11.0. The number of aryl methyl sites for hydroxylation is 1. The van der Waals surface area contributed by atoms with Gasteiger partial charge < -0.3 is 14.8 Å². The van der Waals surface area contributed by atoms with Gasteiger partial charge in [-0.15, -0.1) is 0 Å². The first kappa shape index (κ1) is 26.7. The molecular weight excluding hydrogens is 468 g/mol. The average molecular weight is 503 g/mol. The fourth-order valence-electron chi connectivity index (χ4n) is 3.88. The van der Waals surface area contributed by atoms with Gasteiger partial charge in [-0.05, 0) is 74.2 Å². The standard InChI is InChI=1S/C26H34N2O6S/c1-3-4-16-33-26(30)20-10-12-21(13-11-20)27-25(29)18-34-24-15-14-23(17-19(24)2)35(31,32)28-22-8-6-5-7-9-22/h10-15,17,22,28H,3-9,16,18H2,1-2H3,(H,27,29). The number of hydrogen-bond donors (Lipinski definition) is 2. The van der Waals surface area contributed by atoms with Crippen LogP contribution < -0.4 is 14.8 Å². The van der Waals surface area contributed by atoms with Crippen LogP contribution in [0.15, 0.2) is 47.4 Å². The fraction of sp³-hybridized carbons (Fsp3) is 0.462. The number of ether oxygens (including phenoxy) is 2. The Morgan fingerprint density at radius 1 is 1.03 bits per heavy atom. The number of sulfonamides is 1. The topological polar surface area (TPSA) is 111 Å². The molecule has 3 rings (SSSR count). The highest BCUT2D eigenvalue weighted by Crippen LogP contribution is 2.24. The predicted molar refractivity (Wildman–Crippen MR) is 134 cm³/mol. The third-order valence-electron chi connectivity index (χ3n) is 5.88. The van der Waals surface area contributed by atoms with Gasteiger partial charge >= 0.3 is 5.97 Å². The van der Waals surface area contributed by atoms with E-state index >= 15 is 0 Å². The number of benzene rings is 2. The summed E-state index contributed by atoms with van der Waals surface area (Å²) in [5.41, 5.74) is 1.56. The van der Waals surface area contributed by atoms with Gasteiger partial charge in [-0.25, -0.2) is 17.9 Å². The van der Waals surface area contributed by atoms with E-state index < -0.39 is 16.0 Å². The summed E-state index contributed by atoms with van der Waals surface area (Å²) in [6.45, 7) is 3.90. The van der Waals surface area contributed by atoms with E-state index in [0.29, 0.717) is 29.2 Å². The molecule has 1 amide bonds. The van der Waals surface area contributed by atoms with Crippen molar-refractivity contribution in [1.29, 1.82) is 0 Å². The van der Waals surface area contributed by atoms with E-state index in [1.165, 1.54) is 6.07 Å². The van der Waals surface area contributed by atoms with E-state index in [4.69, 9.17) is 9.47 Å². The maximum Gasteiger partial charge on any atom is 0.338 e. The first-order chi connectivity index (χ1) is 16.8. The normalized spacial score (nSPS) is 14.3. The van der Waals surface area contributed by atoms with E-state index in [9.17, 15) is 18.0 Å². The monoisotopic (exact) mass is 502 g/mol. The summed E-state index contributed by atoms with van der Waals surface area (Å²) in [7, 11) is -3.61. The van der Waals surface area contributed by atoms with Crippen LogP contribution >= 0.6 is 0 Å². The Morgan fingerprint density at radius 3 is 2.40 bits per heavy atom. The summed E-state index contributed by atoms with van der Waals surface area (Å²) in [4.78, 5) is 24.4. The zero-order chi connectivity index (χ0) is 25.3. The zero-order valence-electron chi connectivity index (χ0n) is 20.3. The average Bonchev–Trinajstić information content (AvgIpc) is 2.84. The molecule has 0 aromatic heterocycles. The highest BCUT2D eigenvalue weighted by atomic mass is 32.2. The minimum absolute atomic E-state index is 0.0190. The highest BCUT2D eigenvalue weighted by Gasteiger charge is 2.22. The van der Waals surface area contributed by atoms with Gasteiger partial charge in [-0.1, -0.05) is 32.6 Å². The van der Waals surface area contributed by atoms with Crippen LogP contribution in [-0.2, 0) is 19.6 Å². The number of rotatable bonds is 11. The number of unbranched alkanes of at least 4 members (excludes halogenated alkanes) is 1. The van der Waals surface area contributed by atoms with Crippen LogP contribution in [0.25, 0.3) is 0 Å². The minimum Gasteiger partial charge on any atom is -0.483 e. The van der Waals surface area contributed by atoms with E-state index in [1.807, 2.05) is 6.92 Å². The highest BCUT2D eigenvalue weighted by molar-refractivity contribution is 7.89. The molecule has 8 nitrogen and oxygen atoms in total. The summed E-state index contributed by atoms with van der Waals surface area (Å²) in [5.74, 6) is -0.338. The molecule has 1 aliphatic rings. The van der Waals surface area contributed by atoms with Gasteiger partial charge in [0.05, 0.1) is 17.1 Å². The third-order valence-corrected chi connectivity index (χ3v) is 7.40. The Labute approximate surface area is 207 Å². The molecule has 1 saturated carbocycles. The number of hydrogen-bond acceptors (Lipinski definition) is 6. The first-order valence-corrected chi connectivity index (χ1v) is 13.6. The van der Waals surface area contributed by atoms with E-state index in [0.717, 1.165) is 44.9 Å². The van der Waals surface area contributed by atoms with E-state index in [-0.39, 0.29) is 23.5 Å². The van der Waals surface area contributed by atoms with Gasteiger partial charge in [-0.2, -0.15) is 0 Å². The molecule has 0 aliphatic heterocycles. The Hall–Kier alpha value is -2.91. The molecule has 0 spiro atoms. The molecule has 0 bridgehead atoms. The van der Waals surface area contributed by atoms with Gasteiger partial charge in [0.15, 0.2) is 6.61 Å². The maximum atomic E-state index is 12.7. The Balaban J connectivity index is 1.51. The van der Waals surface area contributed by atoms with E-state index in [2.05, 4.69) is 10.0 Å². The molecular formula is C26H34N2O6S. The summed E-state index contributed by atoms with van der Waals surface area (Å²) >= 11 is 0. The Kier molecular flexibility index (Phi) is 9.68. The van der Waals surface area contributed by atoms with Crippen molar-refractivity contribution in [1.82, 2.24) is 4.72 Å². The van der Waals surface area contributed by atoms with Crippen LogP contribution in [0.4, 0.5) is 5.69 Å². The van der Waals surface area contributed by atoms with Crippen molar-refractivity contribution in [2.45, 2.75) is 69.7 Å². The van der Waals surface area contributed by atoms with Crippen molar-refractivity contribution in [2.24, 2.45) is 0 Å². The van der Waals surface area contributed by atoms with Crippen molar-refractivity contribution in [3.05, 3.63) is 53.6 Å². The van der Waals surface area contributed by atoms with Crippen LogP contribution in [0, 0.1) is 6.92 Å². The second-order valence-corrected chi connectivity index (χ2v) is 10.5. The number of esters is 1. The smallest absolute Gasteiger partial charge is 0.338 e. The van der Waals surface area contributed by atoms with Crippen molar-refractivity contribution in [3.63, 3.8) is 0 Å². The van der Waals surface area contributed by atoms with E-state index in [1.54, 1.807) is 43.3 Å². The van der Waals surface area contributed by atoms with Crippen molar-refractivity contribution in [3.8, 4) is 5.75 Å². The van der Waals surface area contributed by atoms with Crippen LogP contribution in [0.1, 0.15) is 67.8 Å². The van der Waals surface area contributed by atoms with Crippen molar-refractivity contribution in [2.75, 3.05) is 18.5 Å². The lowest BCUT2D eigenvalue weighted by Crippen LogP contribution is -2.36. The van der Waals surface area contributed by atoms with Crippen LogP contribution in [0.2, 0.25) is 0 Å². The Morgan fingerprint density at radius 2 is 1.74 bits per heavy atom. The lowest BCUT2D eigenvalue weighted by molar-refractivity contribution is -0.118. The number of carbonyl (C=O) groups excluding carboxylic acids is 2. The van der Waals surface area contributed by atoms with Crippen LogP contribution in [-0.4, -0.2) is 39.5 Å². The maximum absolute atomic E-state index is 12.7. The first-order valence-electron chi connectivity index (χ1n) is 12.1. The van der Waals surface area contributed by atoms with Gasteiger partial charge in [0.1, 0.15) is 5.75 Å². The lowest BCUT2D eigenvalue weighted by Gasteiger charge is -2.22. The van der Waals surface area contributed by atoms with Gasteiger partial charge in [-0.3, -0.25) is 4.79 Å². The van der Waals surface area contributed by atoms with Crippen LogP contribution in [0.5, 0.6) is 5.75 Å². The molecule has 35 heavy (non-hydrogen) atoms. The molecule has 1 fully saturated rings.